The molecule has 0 radical (unpaired) electrons. The highest BCUT2D eigenvalue weighted by molar-refractivity contribution is 6.12. The van der Waals surface area contributed by atoms with Gasteiger partial charge in [0.2, 0.25) is 0 Å². The molecular formula is C9H14N2O2. The zero-order valence-electron chi connectivity index (χ0n) is 7.89. The molecule has 0 amide bonds. The van der Waals surface area contributed by atoms with Gasteiger partial charge in [0, 0.05) is 18.2 Å². The number of Topliss-reactive ketones (excluding diaryl/α,β-unsaturated/α-hetero) is 1. The lowest BCUT2D eigenvalue weighted by Crippen LogP contribution is -2.25. The zero-order chi connectivity index (χ0) is 10.4. The molecule has 0 saturated heterocycles. The minimum atomic E-state index is -0.602. The largest absolute Gasteiger partial charge is 0.323 e. The van der Waals surface area contributed by atoms with Crippen molar-refractivity contribution in [2.45, 2.75) is 32.7 Å². The standard InChI is InChI=1S/C9H14N2O2/c1-3-7(11)4-9(13)8(5-12)6(2)10/h6,11H,3-4,10H2,1-2H3. The Kier molecular flexibility index (Phi) is 4.89. The van der Waals surface area contributed by atoms with Gasteiger partial charge in [-0.1, -0.05) is 6.92 Å². The van der Waals surface area contributed by atoms with Gasteiger partial charge >= 0.3 is 0 Å². The fourth-order valence-electron chi connectivity index (χ4n) is 0.818. The average Bonchev–Trinajstić information content (AvgIpc) is 2.04. The molecule has 0 rings (SSSR count). The summed E-state index contributed by atoms with van der Waals surface area (Å²) in [5, 5.41) is 7.27. The van der Waals surface area contributed by atoms with E-state index in [1.807, 2.05) is 0 Å². The second-order valence-electron chi connectivity index (χ2n) is 2.86. The molecule has 0 bridgehead atoms. The smallest absolute Gasteiger partial charge is 0.176 e. The number of carbonyl (C=O) groups excluding carboxylic acids is 2. The Bertz CT molecular complexity index is 263. The molecule has 0 fully saturated rings. The van der Waals surface area contributed by atoms with E-state index in [1.165, 1.54) is 5.94 Å². The molecule has 1 atom stereocenters. The van der Waals surface area contributed by atoms with Crippen molar-refractivity contribution in [3.8, 4) is 0 Å². The lowest BCUT2D eigenvalue weighted by molar-refractivity contribution is -0.114. The quantitative estimate of drug-likeness (QED) is 0.368. The van der Waals surface area contributed by atoms with Crippen molar-refractivity contribution < 1.29 is 9.59 Å². The molecule has 0 aliphatic rings. The van der Waals surface area contributed by atoms with Crippen molar-refractivity contribution in [2.24, 2.45) is 5.73 Å². The first-order valence-corrected chi connectivity index (χ1v) is 4.13. The van der Waals surface area contributed by atoms with E-state index in [4.69, 9.17) is 11.1 Å². The Morgan fingerprint density at radius 3 is 2.46 bits per heavy atom. The summed E-state index contributed by atoms with van der Waals surface area (Å²) in [6.07, 6.45) is 0.486. The van der Waals surface area contributed by atoms with Crippen LogP contribution in [0.5, 0.6) is 0 Å². The number of hydrogen-bond donors (Lipinski definition) is 2. The molecule has 0 aromatic carbocycles. The Balaban J connectivity index is 4.42. The highest BCUT2D eigenvalue weighted by Gasteiger charge is 2.15. The molecule has 72 valence electrons. The van der Waals surface area contributed by atoms with Crippen molar-refractivity contribution in [2.75, 3.05) is 0 Å². The molecule has 0 spiro atoms. The molecule has 0 aromatic heterocycles. The van der Waals surface area contributed by atoms with Crippen LogP contribution in [0, 0.1) is 5.41 Å². The normalized spacial score (nSPS) is 11.6. The van der Waals surface area contributed by atoms with Gasteiger partial charge in [0.1, 0.15) is 5.94 Å². The van der Waals surface area contributed by atoms with Gasteiger partial charge in [-0.05, 0) is 13.3 Å². The van der Waals surface area contributed by atoms with Crippen LogP contribution in [0.15, 0.2) is 5.57 Å². The van der Waals surface area contributed by atoms with Crippen LogP contribution in [-0.4, -0.2) is 23.5 Å². The predicted octanol–water partition coefficient (Wildman–Crippen LogP) is 0.481. The predicted molar refractivity (Wildman–Crippen MR) is 50.5 cm³/mol. The Morgan fingerprint density at radius 1 is 1.62 bits per heavy atom. The summed E-state index contributed by atoms with van der Waals surface area (Å²) >= 11 is 0. The van der Waals surface area contributed by atoms with Gasteiger partial charge in [-0.25, -0.2) is 4.79 Å². The summed E-state index contributed by atoms with van der Waals surface area (Å²) < 4.78 is 0. The second kappa shape index (κ2) is 5.41. The Hall–Kier alpha value is -1.25. The number of nitrogens with two attached hydrogens (primary N) is 1. The summed E-state index contributed by atoms with van der Waals surface area (Å²) in [7, 11) is 0. The molecule has 0 aromatic rings. The second-order valence-corrected chi connectivity index (χ2v) is 2.86. The molecule has 13 heavy (non-hydrogen) atoms. The highest BCUT2D eigenvalue weighted by Crippen LogP contribution is 2.02. The fraction of sp³-hybridized carbons (Fsp3) is 0.556. The number of hydrogen-bond acceptors (Lipinski definition) is 4. The topological polar surface area (TPSA) is 84.0 Å². The van der Waals surface area contributed by atoms with Crippen LogP contribution in [0.2, 0.25) is 0 Å². The van der Waals surface area contributed by atoms with E-state index < -0.39 is 11.8 Å². The van der Waals surface area contributed by atoms with Crippen LogP contribution in [0.1, 0.15) is 26.7 Å². The maximum atomic E-state index is 11.3. The number of carbonyl (C=O) groups is 1. The van der Waals surface area contributed by atoms with E-state index in [9.17, 15) is 9.59 Å². The van der Waals surface area contributed by atoms with Gasteiger partial charge in [-0.15, -0.1) is 0 Å². The maximum Gasteiger partial charge on any atom is 0.176 e. The van der Waals surface area contributed by atoms with E-state index in [1.54, 1.807) is 13.8 Å². The van der Waals surface area contributed by atoms with Crippen molar-refractivity contribution in [3.63, 3.8) is 0 Å². The van der Waals surface area contributed by atoms with Gasteiger partial charge in [-0.3, -0.25) is 4.79 Å². The summed E-state index contributed by atoms with van der Waals surface area (Å²) in [5.41, 5.74) is 5.62. The van der Waals surface area contributed by atoms with Crippen LogP contribution >= 0.6 is 0 Å². The van der Waals surface area contributed by atoms with Crippen molar-refractivity contribution in [3.05, 3.63) is 5.57 Å². The molecular weight excluding hydrogens is 168 g/mol. The number of ketones is 1. The van der Waals surface area contributed by atoms with E-state index >= 15 is 0 Å². The van der Waals surface area contributed by atoms with Crippen LogP contribution in [-0.2, 0) is 9.59 Å². The molecule has 0 aliphatic carbocycles. The Labute approximate surface area is 77.3 Å². The minimum absolute atomic E-state index is 0.0252. The molecule has 0 saturated carbocycles. The summed E-state index contributed by atoms with van der Waals surface area (Å²) in [5.74, 6) is 1.13. The summed E-state index contributed by atoms with van der Waals surface area (Å²) in [4.78, 5) is 21.6. The van der Waals surface area contributed by atoms with Gasteiger partial charge in [-0.2, -0.15) is 0 Å². The van der Waals surface area contributed by atoms with Crippen LogP contribution < -0.4 is 5.73 Å². The summed E-state index contributed by atoms with van der Waals surface area (Å²) in [6.45, 7) is 3.33. The van der Waals surface area contributed by atoms with Crippen molar-refractivity contribution in [1.29, 1.82) is 5.41 Å². The molecule has 0 aliphatic heterocycles. The summed E-state index contributed by atoms with van der Waals surface area (Å²) in [6, 6.07) is -0.602. The third-order valence-corrected chi connectivity index (χ3v) is 1.67. The third-order valence-electron chi connectivity index (χ3n) is 1.67. The van der Waals surface area contributed by atoms with Crippen molar-refractivity contribution >= 4 is 17.4 Å². The molecule has 3 N–H and O–H groups in total. The van der Waals surface area contributed by atoms with Crippen molar-refractivity contribution in [1.82, 2.24) is 0 Å². The molecule has 0 heterocycles. The monoisotopic (exact) mass is 182 g/mol. The fourth-order valence-corrected chi connectivity index (χ4v) is 0.818. The molecule has 4 nitrogen and oxygen atoms in total. The molecule has 4 heteroatoms. The van der Waals surface area contributed by atoms with Gasteiger partial charge < -0.3 is 11.1 Å². The van der Waals surface area contributed by atoms with Crippen LogP contribution in [0.3, 0.4) is 0 Å². The first kappa shape index (κ1) is 11.8. The van der Waals surface area contributed by atoms with Gasteiger partial charge in [0.25, 0.3) is 0 Å². The first-order chi connectivity index (χ1) is 6.02. The molecule has 1 unspecified atom stereocenters. The lowest BCUT2D eigenvalue weighted by Gasteiger charge is -2.05. The van der Waals surface area contributed by atoms with Gasteiger partial charge in [0.15, 0.2) is 5.78 Å². The SMILES string of the molecule is CCC(=N)CC(=O)C(=C=O)C(C)N. The first-order valence-electron chi connectivity index (χ1n) is 4.13. The average molecular weight is 182 g/mol. The van der Waals surface area contributed by atoms with E-state index in [2.05, 4.69) is 0 Å². The van der Waals surface area contributed by atoms with E-state index in [0.29, 0.717) is 12.1 Å². The Morgan fingerprint density at radius 2 is 2.15 bits per heavy atom. The number of nitrogens with one attached hydrogen (secondary N) is 1. The van der Waals surface area contributed by atoms with E-state index in [0.717, 1.165) is 0 Å². The van der Waals surface area contributed by atoms with Crippen LogP contribution in [0.25, 0.3) is 0 Å². The van der Waals surface area contributed by atoms with Gasteiger partial charge in [0.05, 0.1) is 5.57 Å². The maximum absolute atomic E-state index is 11.3. The minimum Gasteiger partial charge on any atom is -0.323 e. The lowest BCUT2D eigenvalue weighted by atomic mass is 10.0. The number of rotatable bonds is 5. The van der Waals surface area contributed by atoms with Crippen LogP contribution in [0.4, 0.5) is 0 Å². The zero-order valence-corrected chi connectivity index (χ0v) is 7.89. The third kappa shape index (κ3) is 3.78. The van der Waals surface area contributed by atoms with E-state index in [-0.39, 0.29) is 12.0 Å². The highest BCUT2D eigenvalue weighted by atomic mass is 16.1.